The first kappa shape index (κ1) is 30.1. The van der Waals surface area contributed by atoms with Crippen LogP contribution in [0.4, 0.5) is 0 Å². The highest BCUT2D eigenvalue weighted by atomic mass is 16.1. The van der Waals surface area contributed by atoms with Crippen LogP contribution < -0.4 is 5.32 Å². The molecule has 0 spiro atoms. The number of carbonyl (C=O) groups excluding carboxylic acids is 1. The van der Waals surface area contributed by atoms with E-state index in [0.717, 1.165) is 32.7 Å². The molecular weight excluding hydrogens is 571 g/mol. The normalized spacial score (nSPS) is 11.3. The summed E-state index contributed by atoms with van der Waals surface area (Å²) >= 11 is 0. The molecule has 228 valence electrons. The van der Waals surface area contributed by atoms with Crippen molar-refractivity contribution in [2.24, 2.45) is 0 Å². The van der Waals surface area contributed by atoms with Crippen molar-refractivity contribution in [2.45, 2.75) is 25.9 Å². The van der Waals surface area contributed by atoms with E-state index in [4.69, 9.17) is 0 Å². The summed E-state index contributed by atoms with van der Waals surface area (Å²) in [5.41, 5.74) is 4.08. The molecule has 0 amide bonds. The Hall–Kier alpha value is -5.57. The van der Waals surface area contributed by atoms with Gasteiger partial charge in [-0.2, -0.15) is 0 Å². The molecule has 0 aliphatic heterocycles. The van der Waals surface area contributed by atoms with Gasteiger partial charge in [0.1, 0.15) is 0 Å². The predicted octanol–water partition coefficient (Wildman–Crippen LogP) is 11.3. The van der Waals surface area contributed by atoms with Gasteiger partial charge in [0.25, 0.3) is 0 Å². The largest absolute Gasteiger partial charge is 0.304 e. The van der Waals surface area contributed by atoms with Gasteiger partial charge in [-0.05, 0) is 92.3 Å². The molecule has 0 atom stereocenters. The minimum atomic E-state index is 0.0662. The smallest absolute Gasteiger partial charge is 0.193 e. The van der Waals surface area contributed by atoms with Crippen molar-refractivity contribution in [1.82, 2.24) is 5.32 Å². The van der Waals surface area contributed by atoms with E-state index in [0.29, 0.717) is 6.04 Å². The fraction of sp³-hybridized carbons (Fsp3) is 0.0889. The molecule has 0 heterocycles. The first-order valence-corrected chi connectivity index (χ1v) is 16.3. The van der Waals surface area contributed by atoms with Crippen LogP contribution in [0.5, 0.6) is 0 Å². The summed E-state index contributed by atoms with van der Waals surface area (Å²) in [5.74, 6) is 0.0662. The lowest BCUT2D eigenvalue weighted by Crippen LogP contribution is -2.28. The van der Waals surface area contributed by atoms with Crippen LogP contribution >= 0.6 is 0 Å². The molecule has 0 saturated carbocycles. The van der Waals surface area contributed by atoms with E-state index in [9.17, 15) is 4.79 Å². The highest BCUT2D eigenvalue weighted by Crippen LogP contribution is 2.29. The SMILES string of the molecule is CC(C)NC(c1ccc2ccccc2c1)c1ccc2ccccc2c1.O=C(c1ccc2ccccc2c1)c1ccc2ccccc2c1. The minimum Gasteiger partial charge on any atom is -0.304 e. The molecule has 0 unspecified atom stereocenters. The van der Waals surface area contributed by atoms with Gasteiger partial charge in [-0.1, -0.05) is 146 Å². The van der Waals surface area contributed by atoms with Crippen molar-refractivity contribution < 1.29 is 4.79 Å². The zero-order chi connectivity index (χ0) is 32.2. The molecule has 8 aromatic rings. The number of hydrogen-bond donors (Lipinski definition) is 1. The number of hydrogen-bond acceptors (Lipinski definition) is 2. The molecule has 1 N–H and O–H groups in total. The molecule has 8 aromatic carbocycles. The van der Waals surface area contributed by atoms with Gasteiger partial charge in [-0.15, -0.1) is 0 Å². The maximum absolute atomic E-state index is 12.7. The second kappa shape index (κ2) is 13.4. The van der Waals surface area contributed by atoms with Crippen molar-refractivity contribution in [3.05, 3.63) is 192 Å². The molecule has 47 heavy (non-hydrogen) atoms. The lowest BCUT2D eigenvalue weighted by Gasteiger charge is -2.23. The zero-order valence-electron chi connectivity index (χ0n) is 26.7. The van der Waals surface area contributed by atoms with E-state index < -0.39 is 0 Å². The fourth-order valence-electron chi connectivity index (χ4n) is 6.32. The third kappa shape index (κ3) is 6.70. The Labute approximate surface area is 276 Å². The Balaban J connectivity index is 0.000000151. The standard InChI is InChI=1S/C24H23N.C21H14O/c1-17(2)25-24(22-13-11-18-7-3-5-9-20(18)15-22)23-14-12-19-8-4-6-10-21(19)16-23;22-21(19-11-9-15-5-1-3-7-17(15)13-19)20-12-10-16-6-2-4-8-18(16)14-20/h3-17,24-25H,1-2H3;1-14H. The summed E-state index contributed by atoms with van der Waals surface area (Å²) < 4.78 is 0. The van der Waals surface area contributed by atoms with E-state index in [2.05, 4.69) is 116 Å². The predicted molar refractivity (Wildman–Crippen MR) is 199 cm³/mol. The van der Waals surface area contributed by atoms with Crippen molar-refractivity contribution >= 4 is 48.9 Å². The molecule has 0 radical (unpaired) electrons. The molecule has 2 heteroatoms. The summed E-state index contributed by atoms with van der Waals surface area (Å²) in [6.45, 7) is 4.41. The number of rotatable bonds is 6. The van der Waals surface area contributed by atoms with Crippen LogP contribution in [0.25, 0.3) is 43.1 Å². The second-order valence-electron chi connectivity index (χ2n) is 12.4. The van der Waals surface area contributed by atoms with Crippen LogP contribution in [0.1, 0.15) is 46.9 Å². The summed E-state index contributed by atoms with van der Waals surface area (Å²) in [5, 5.41) is 13.4. The first-order chi connectivity index (χ1) is 23.0. The first-order valence-electron chi connectivity index (χ1n) is 16.3. The van der Waals surface area contributed by atoms with Crippen molar-refractivity contribution in [3.63, 3.8) is 0 Å². The topological polar surface area (TPSA) is 29.1 Å². The molecule has 0 aliphatic rings. The van der Waals surface area contributed by atoms with Gasteiger partial charge in [0.15, 0.2) is 5.78 Å². The summed E-state index contributed by atoms with van der Waals surface area (Å²) in [7, 11) is 0. The molecular formula is C45H37NO. The molecule has 0 saturated heterocycles. The van der Waals surface area contributed by atoms with Gasteiger partial charge in [-0.25, -0.2) is 0 Å². The second-order valence-corrected chi connectivity index (χ2v) is 12.4. The summed E-state index contributed by atoms with van der Waals surface area (Å²) in [6, 6.07) is 59.2. The maximum atomic E-state index is 12.7. The molecule has 0 fully saturated rings. The third-order valence-corrected chi connectivity index (χ3v) is 8.74. The van der Waals surface area contributed by atoms with Crippen molar-refractivity contribution in [1.29, 1.82) is 0 Å². The van der Waals surface area contributed by atoms with Gasteiger partial charge >= 0.3 is 0 Å². The van der Waals surface area contributed by atoms with Gasteiger partial charge in [-0.3, -0.25) is 4.79 Å². The summed E-state index contributed by atoms with van der Waals surface area (Å²) in [4.78, 5) is 12.7. The minimum absolute atomic E-state index is 0.0662. The maximum Gasteiger partial charge on any atom is 0.193 e. The van der Waals surface area contributed by atoms with E-state index in [-0.39, 0.29) is 11.8 Å². The van der Waals surface area contributed by atoms with E-state index in [1.54, 1.807) is 0 Å². The van der Waals surface area contributed by atoms with Crippen LogP contribution in [-0.4, -0.2) is 11.8 Å². The van der Waals surface area contributed by atoms with Crippen LogP contribution in [0.2, 0.25) is 0 Å². The van der Waals surface area contributed by atoms with Crippen LogP contribution in [-0.2, 0) is 0 Å². The van der Waals surface area contributed by atoms with E-state index in [1.165, 1.54) is 32.7 Å². The van der Waals surface area contributed by atoms with Gasteiger partial charge < -0.3 is 5.32 Å². The number of carbonyl (C=O) groups is 1. The molecule has 2 nitrogen and oxygen atoms in total. The monoisotopic (exact) mass is 607 g/mol. The Morgan fingerprint density at radius 2 is 0.723 bits per heavy atom. The quantitative estimate of drug-likeness (QED) is 0.191. The highest BCUT2D eigenvalue weighted by Gasteiger charge is 2.16. The lowest BCUT2D eigenvalue weighted by atomic mass is 9.94. The van der Waals surface area contributed by atoms with Crippen LogP contribution in [0.3, 0.4) is 0 Å². The Morgan fingerprint density at radius 3 is 1.09 bits per heavy atom. The Morgan fingerprint density at radius 1 is 0.404 bits per heavy atom. The average molecular weight is 608 g/mol. The van der Waals surface area contributed by atoms with E-state index >= 15 is 0 Å². The third-order valence-electron chi connectivity index (χ3n) is 8.74. The van der Waals surface area contributed by atoms with Crippen LogP contribution in [0, 0.1) is 0 Å². The van der Waals surface area contributed by atoms with Gasteiger partial charge in [0.2, 0.25) is 0 Å². The Bertz CT molecular complexity index is 2190. The number of nitrogens with one attached hydrogen (secondary N) is 1. The number of benzene rings is 8. The van der Waals surface area contributed by atoms with Crippen LogP contribution in [0.15, 0.2) is 170 Å². The Kier molecular flexibility index (Phi) is 8.60. The lowest BCUT2D eigenvalue weighted by molar-refractivity contribution is 0.103. The highest BCUT2D eigenvalue weighted by molar-refractivity contribution is 6.12. The van der Waals surface area contributed by atoms with Crippen molar-refractivity contribution in [3.8, 4) is 0 Å². The van der Waals surface area contributed by atoms with Gasteiger partial charge in [0, 0.05) is 17.2 Å². The van der Waals surface area contributed by atoms with Gasteiger partial charge in [0.05, 0.1) is 6.04 Å². The molecule has 0 aromatic heterocycles. The average Bonchev–Trinajstić information content (AvgIpc) is 3.13. The number of ketones is 1. The van der Waals surface area contributed by atoms with E-state index in [1.807, 2.05) is 72.8 Å². The molecule has 8 rings (SSSR count). The fourth-order valence-corrected chi connectivity index (χ4v) is 6.32. The summed E-state index contributed by atoms with van der Waals surface area (Å²) in [6.07, 6.45) is 0. The van der Waals surface area contributed by atoms with Crippen molar-refractivity contribution in [2.75, 3.05) is 0 Å². The molecule has 0 aliphatic carbocycles. The number of fused-ring (bicyclic) bond motifs is 4. The molecule has 0 bridgehead atoms. The zero-order valence-corrected chi connectivity index (χ0v) is 26.7.